The van der Waals surface area contributed by atoms with Crippen molar-refractivity contribution in [3.63, 3.8) is 0 Å². The van der Waals surface area contributed by atoms with Crippen molar-refractivity contribution in [1.82, 2.24) is 0 Å². The Morgan fingerprint density at radius 3 is 2.20 bits per heavy atom. The molecule has 3 aromatic rings. The number of halogens is 9. The van der Waals surface area contributed by atoms with E-state index in [-0.39, 0.29) is 22.5 Å². The normalized spacial score (nSPS) is 12.9. The number of unbranched alkanes of at least 4 members (excludes halogenated alkanes) is 2. The van der Waals surface area contributed by atoms with Crippen molar-refractivity contribution < 1.29 is 62.9 Å². The van der Waals surface area contributed by atoms with E-state index in [2.05, 4.69) is 20.8 Å². The SMILES string of the molecule is C=C(C)C(=O)OCCC(F)(F)OC(F)(F)OC(F)(F)CCSc1ccc2cc(-c3ccc(CCCCC)cc3C(F)(F)F)oc2c1. The molecule has 0 atom stereocenters. The number of fused-ring (bicyclic) bond motifs is 1. The molecule has 0 amide bonds. The van der Waals surface area contributed by atoms with Crippen molar-refractivity contribution in [3.05, 3.63) is 65.7 Å². The van der Waals surface area contributed by atoms with Crippen molar-refractivity contribution in [1.29, 1.82) is 0 Å². The highest BCUT2D eigenvalue weighted by molar-refractivity contribution is 7.99. The van der Waals surface area contributed by atoms with Crippen LogP contribution in [0.3, 0.4) is 0 Å². The van der Waals surface area contributed by atoms with Crippen molar-refractivity contribution in [3.8, 4) is 11.3 Å². The van der Waals surface area contributed by atoms with Crippen molar-refractivity contribution in [2.24, 2.45) is 0 Å². The van der Waals surface area contributed by atoms with Gasteiger partial charge in [0.15, 0.2) is 0 Å². The first-order chi connectivity index (χ1) is 21.3. The minimum absolute atomic E-state index is 0.0578. The van der Waals surface area contributed by atoms with Gasteiger partial charge in [-0.05, 0) is 55.7 Å². The number of thioether (sulfide) groups is 1. The van der Waals surface area contributed by atoms with Crippen LogP contribution in [0, 0.1) is 0 Å². The van der Waals surface area contributed by atoms with Gasteiger partial charge in [0, 0.05) is 33.6 Å². The van der Waals surface area contributed by atoms with Crippen molar-refractivity contribution >= 4 is 28.7 Å². The number of esters is 1. The molecule has 0 spiro atoms. The van der Waals surface area contributed by atoms with Crippen LogP contribution in [-0.2, 0) is 31.6 Å². The fourth-order valence-corrected chi connectivity index (χ4v) is 5.08. The van der Waals surface area contributed by atoms with Gasteiger partial charge < -0.3 is 9.15 Å². The minimum Gasteiger partial charge on any atom is -0.462 e. The molecule has 15 heteroatoms. The van der Waals surface area contributed by atoms with Crippen LogP contribution < -0.4 is 0 Å². The summed E-state index contributed by atoms with van der Waals surface area (Å²) in [7, 11) is 0. The summed E-state index contributed by atoms with van der Waals surface area (Å²) in [5, 5.41) is 0.431. The minimum atomic E-state index is -5.40. The van der Waals surface area contributed by atoms with E-state index in [4.69, 9.17) is 4.42 Å². The summed E-state index contributed by atoms with van der Waals surface area (Å²) < 4.78 is 141. The molecular formula is C31H31F9O5S. The summed E-state index contributed by atoms with van der Waals surface area (Å²) in [6.07, 6.45) is -19.2. The Morgan fingerprint density at radius 1 is 0.891 bits per heavy atom. The molecule has 0 saturated carbocycles. The topological polar surface area (TPSA) is 57.9 Å². The van der Waals surface area contributed by atoms with Crippen LogP contribution in [0.15, 0.2) is 63.9 Å². The molecule has 0 aliphatic carbocycles. The molecule has 0 radical (unpaired) electrons. The third-order valence-corrected chi connectivity index (χ3v) is 7.38. The maximum Gasteiger partial charge on any atom is 0.494 e. The van der Waals surface area contributed by atoms with Crippen molar-refractivity contribution in [2.45, 2.75) is 82.0 Å². The Kier molecular flexibility index (Phi) is 12.3. The van der Waals surface area contributed by atoms with Crippen molar-refractivity contribution in [2.75, 3.05) is 12.4 Å². The Morgan fingerprint density at radius 2 is 1.57 bits per heavy atom. The number of alkyl halides is 9. The highest BCUT2D eigenvalue weighted by Gasteiger charge is 2.51. The molecule has 0 saturated heterocycles. The van der Waals surface area contributed by atoms with E-state index >= 15 is 0 Å². The lowest BCUT2D eigenvalue weighted by atomic mass is 9.98. The molecule has 1 aromatic heterocycles. The van der Waals surface area contributed by atoms with Gasteiger partial charge in [0.2, 0.25) is 0 Å². The van der Waals surface area contributed by atoms with Gasteiger partial charge in [-0.25, -0.2) is 14.3 Å². The summed E-state index contributed by atoms with van der Waals surface area (Å²) in [6, 6.07) is 9.79. The number of aryl methyl sites for hydroxylation is 1. The molecule has 0 aliphatic rings. The van der Waals surface area contributed by atoms with Gasteiger partial charge in [-0.2, -0.15) is 30.7 Å². The Bertz CT molecular complexity index is 1500. The van der Waals surface area contributed by atoms with E-state index < -0.39 is 61.4 Å². The summed E-state index contributed by atoms with van der Waals surface area (Å²) in [5.41, 5.74) is -0.473. The molecular weight excluding hydrogens is 655 g/mol. The molecule has 46 heavy (non-hydrogen) atoms. The van der Waals surface area contributed by atoms with E-state index in [1.54, 1.807) is 6.07 Å². The number of rotatable bonds is 17. The second kappa shape index (κ2) is 15.2. The highest BCUT2D eigenvalue weighted by Crippen LogP contribution is 2.41. The zero-order chi connectivity index (χ0) is 34.3. The molecule has 0 aliphatic heterocycles. The number of hydrogen-bond donors (Lipinski definition) is 0. The average molecular weight is 687 g/mol. The lowest BCUT2D eigenvalue weighted by molar-refractivity contribution is -0.514. The first-order valence-electron chi connectivity index (χ1n) is 14.0. The van der Waals surface area contributed by atoms with Crippen LogP contribution >= 0.6 is 11.8 Å². The van der Waals surface area contributed by atoms with Gasteiger partial charge in [-0.1, -0.05) is 38.5 Å². The van der Waals surface area contributed by atoms with Crippen LogP contribution in [0.5, 0.6) is 0 Å². The van der Waals surface area contributed by atoms with E-state index in [0.29, 0.717) is 22.3 Å². The Labute approximate surface area is 263 Å². The van der Waals surface area contributed by atoms with E-state index in [1.807, 2.05) is 6.92 Å². The predicted octanol–water partition coefficient (Wildman–Crippen LogP) is 10.6. The number of hydrogen-bond acceptors (Lipinski definition) is 6. The van der Waals surface area contributed by atoms with Gasteiger partial charge >= 0.3 is 30.7 Å². The van der Waals surface area contributed by atoms with Gasteiger partial charge in [0.25, 0.3) is 0 Å². The monoisotopic (exact) mass is 686 g/mol. The third kappa shape index (κ3) is 11.3. The number of furan rings is 1. The fraction of sp³-hybridized carbons (Fsp3) is 0.452. The molecule has 1 heterocycles. The first kappa shape index (κ1) is 37.3. The second-order valence-corrected chi connectivity index (χ2v) is 11.5. The largest absolute Gasteiger partial charge is 0.494 e. The predicted molar refractivity (Wildman–Crippen MR) is 153 cm³/mol. The zero-order valence-corrected chi connectivity index (χ0v) is 25.6. The van der Waals surface area contributed by atoms with Crippen LogP contribution in [0.1, 0.15) is 57.1 Å². The van der Waals surface area contributed by atoms with Crippen LogP contribution in [0.2, 0.25) is 0 Å². The maximum absolute atomic E-state index is 14.1. The molecule has 3 rings (SSSR count). The number of ether oxygens (including phenoxy) is 3. The van der Waals surface area contributed by atoms with Gasteiger partial charge in [0.1, 0.15) is 11.3 Å². The standard InChI is InChI=1S/C31H31F9O5S/c1-4-5-6-7-20-8-11-23(24(16-20)30(36,37)38)26-17-21-9-10-22(18-25(21)43-26)46-15-13-29(34,35)45-31(39,40)44-28(32,33)12-14-42-27(41)19(2)3/h8-11,16-18H,2,4-7,12-15H2,1,3H3. The van der Waals surface area contributed by atoms with Gasteiger partial charge in [-0.15, -0.1) is 20.5 Å². The van der Waals surface area contributed by atoms with E-state index in [1.165, 1.54) is 37.3 Å². The quantitative estimate of drug-likeness (QED) is 0.0352. The van der Waals surface area contributed by atoms with Crippen LogP contribution in [0.4, 0.5) is 39.5 Å². The summed E-state index contributed by atoms with van der Waals surface area (Å²) in [4.78, 5) is 11.5. The summed E-state index contributed by atoms with van der Waals surface area (Å²) >= 11 is 0.752. The lowest BCUT2D eigenvalue weighted by Gasteiger charge is -2.26. The summed E-state index contributed by atoms with van der Waals surface area (Å²) in [6.45, 7) is 5.35. The lowest BCUT2D eigenvalue weighted by Crippen LogP contribution is -2.41. The second-order valence-electron chi connectivity index (χ2n) is 10.4. The average Bonchev–Trinajstić information content (AvgIpc) is 3.34. The molecule has 254 valence electrons. The summed E-state index contributed by atoms with van der Waals surface area (Å²) in [5.74, 6) is -1.65. The zero-order valence-electron chi connectivity index (χ0n) is 24.8. The molecule has 0 unspecified atom stereocenters. The molecule has 5 nitrogen and oxygen atoms in total. The smallest absolute Gasteiger partial charge is 0.462 e. The fourth-order valence-electron chi connectivity index (χ4n) is 4.15. The van der Waals surface area contributed by atoms with Gasteiger partial charge in [0.05, 0.1) is 18.6 Å². The third-order valence-electron chi connectivity index (χ3n) is 6.39. The highest BCUT2D eigenvalue weighted by atomic mass is 32.2. The Balaban J connectivity index is 1.62. The molecule has 0 bridgehead atoms. The molecule has 0 fully saturated rings. The van der Waals surface area contributed by atoms with Crippen LogP contribution in [0.25, 0.3) is 22.3 Å². The van der Waals surface area contributed by atoms with E-state index in [0.717, 1.165) is 37.1 Å². The van der Waals surface area contributed by atoms with E-state index in [9.17, 15) is 44.3 Å². The molecule has 2 aromatic carbocycles. The number of carbonyl (C=O) groups is 1. The number of carbonyl (C=O) groups excluding carboxylic acids is 1. The van der Waals surface area contributed by atoms with Gasteiger partial charge in [-0.3, -0.25) is 0 Å². The first-order valence-corrected chi connectivity index (χ1v) is 15.0. The number of benzene rings is 2. The van der Waals surface area contributed by atoms with Crippen LogP contribution in [-0.4, -0.2) is 36.8 Å². The molecule has 0 N–H and O–H groups in total. The Hall–Kier alpha value is -3.17. The maximum atomic E-state index is 14.1.